The number of nitrogens with zero attached hydrogens (tertiary/aromatic N) is 3. The van der Waals surface area contributed by atoms with E-state index < -0.39 is 0 Å². The van der Waals surface area contributed by atoms with E-state index in [0.29, 0.717) is 12.3 Å². The van der Waals surface area contributed by atoms with Crippen LogP contribution in [0, 0.1) is 6.92 Å². The summed E-state index contributed by atoms with van der Waals surface area (Å²) in [7, 11) is 1.59. The molecule has 2 aromatic heterocycles. The number of aryl methyl sites for hydroxylation is 2. The minimum Gasteiger partial charge on any atom is -0.480 e. The van der Waals surface area contributed by atoms with Crippen LogP contribution in [-0.4, -0.2) is 33.3 Å². The molecule has 0 amide bonds. The first kappa shape index (κ1) is 14.5. The molecule has 0 radical (unpaired) electrons. The average molecular weight is 327 g/mol. The number of fused-ring (bicyclic) bond motifs is 2. The van der Waals surface area contributed by atoms with Crippen molar-refractivity contribution in [3.8, 4) is 16.5 Å². The van der Waals surface area contributed by atoms with Crippen molar-refractivity contribution in [3.63, 3.8) is 0 Å². The van der Waals surface area contributed by atoms with E-state index in [0.717, 1.165) is 45.7 Å². The van der Waals surface area contributed by atoms with E-state index in [4.69, 9.17) is 9.72 Å². The van der Waals surface area contributed by atoms with E-state index in [9.17, 15) is 5.11 Å². The molecule has 1 N–H and O–H groups in total. The minimum atomic E-state index is -0.242. The highest BCUT2D eigenvalue weighted by atomic mass is 32.1. The van der Waals surface area contributed by atoms with Crippen LogP contribution in [0.5, 0.6) is 5.88 Å². The maximum atomic E-state index is 9.85. The molecule has 4 rings (SSSR count). The van der Waals surface area contributed by atoms with Crippen molar-refractivity contribution in [2.45, 2.75) is 32.3 Å². The molecule has 0 aliphatic heterocycles. The zero-order chi connectivity index (χ0) is 16.0. The SMILES string of the molecule is COc1cnc2c(-c3nc4c(s3)CC(O)CC4)cc(C)cc2n1. The van der Waals surface area contributed by atoms with Gasteiger partial charge in [-0.1, -0.05) is 0 Å². The van der Waals surface area contributed by atoms with Crippen molar-refractivity contribution in [1.29, 1.82) is 0 Å². The lowest BCUT2D eigenvalue weighted by atomic mass is 10.0. The minimum absolute atomic E-state index is 0.242. The molecule has 0 spiro atoms. The Morgan fingerprint density at radius 1 is 1.30 bits per heavy atom. The Labute approximate surface area is 138 Å². The third-order valence-electron chi connectivity index (χ3n) is 4.12. The molecule has 0 fully saturated rings. The monoisotopic (exact) mass is 327 g/mol. The molecular formula is C17H17N3O2S. The van der Waals surface area contributed by atoms with Gasteiger partial charge < -0.3 is 9.84 Å². The van der Waals surface area contributed by atoms with E-state index >= 15 is 0 Å². The van der Waals surface area contributed by atoms with Gasteiger partial charge in [-0.15, -0.1) is 11.3 Å². The van der Waals surface area contributed by atoms with Crippen LogP contribution in [0.2, 0.25) is 0 Å². The number of benzene rings is 1. The van der Waals surface area contributed by atoms with E-state index in [-0.39, 0.29) is 6.10 Å². The molecule has 1 atom stereocenters. The molecular weight excluding hydrogens is 310 g/mol. The Kier molecular flexibility index (Phi) is 3.50. The molecule has 0 saturated carbocycles. The van der Waals surface area contributed by atoms with Crippen LogP contribution in [0.1, 0.15) is 22.6 Å². The van der Waals surface area contributed by atoms with Crippen LogP contribution in [0.4, 0.5) is 0 Å². The molecule has 1 aromatic carbocycles. The largest absolute Gasteiger partial charge is 0.480 e. The summed E-state index contributed by atoms with van der Waals surface area (Å²) >= 11 is 1.66. The Balaban J connectivity index is 1.88. The fourth-order valence-electron chi connectivity index (χ4n) is 2.98. The van der Waals surface area contributed by atoms with Gasteiger partial charge in [0.05, 0.1) is 36.1 Å². The zero-order valence-electron chi connectivity index (χ0n) is 13.0. The number of aliphatic hydroxyl groups is 1. The smallest absolute Gasteiger partial charge is 0.232 e. The molecule has 1 aliphatic rings. The van der Waals surface area contributed by atoms with E-state index in [1.54, 1.807) is 24.6 Å². The molecule has 0 bridgehead atoms. The van der Waals surface area contributed by atoms with Gasteiger partial charge in [0.15, 0.2) is 0 Å². The Hall–Kier alpha value is -2.05. The number of hydrogen-bond acceptors (Lipinski definition) is 6. The lowest BCUT2D eigenvalue weighted by Gasteiger charge is -2.14. The summed E-state index contributed by atoms with van der Waals surface area (Å²) in [5.41, 5.74) is 4.88. The Morgan fingerprint density at radius 3 is 3.00 bits per heavy atom. The van der Waals surface area contributed by atoms with Crippen LogP contribution < -0.4 is 4.74 Å². The number of hydrogen-bond donors (Lipinski definition) is 1. The van der Waals surface area contributed by atoms with Gasteiger partial charge >= 0.3 is 0 Å². The van der Waals surface area contributed by atoms with Gasteiger partial charge in [-0.2, -0.15) is 0 Å². The molecule has 1 unspecified atom stereocenters. The molecule has 1 aliphatic carbocycles. The van der Waals surface area contributed by atoms with Crippen LogP contribution >= 0.6 is 11.3 Å². The number of rotatable bonds is 2. The first-order chi connectivity index (χ1) is 11.1. The lowest BCUT2D eigenvalue weighted by molar-refractivity contribution is 0.159. The number of ether oxygens (including phenoxy) is 1. The van der Waals surface area contributed by atoms with E-state index in [2.05, 4.69) is 16.0 Å². The van der Waals surface area contributed by atoms with Crippen molar-refractivity contribution in [3.05, 3.63) is 34.5 Å². The Morgan fingerprint density at radius 2 is 2.17 bits per heavy atom. The molecule has 3 aromatic rings. The van der Waals surface area contributed by atoms with Gasteiger partial charge in [0.2, 0.25) is 5.88 Å². The van der Waals surface area contributed by atoms with Crippen LogP contribution in [0.3, 0.4) is 0 Å². The first-order valence-corrected chi connectivity index (χ1v) is 8.44. The third-order valence-corrected chi connectivity index (χ3v) is 5.28. The van der Waals surface area contributed by atoms with E-state index in [1.807, 2.05) is 13.0 Å². The lowest BCUT2D eigenvalue weighted by Crippen LogP contribution is -2.17. The molecule has 23 heavy (non-hydrogen) atoms. The van der Waals surface area contributed by atoms with Gasteiger partial charge in [0.1, 0.15) is 5.01 Å². The van der Waals surface area contributed by atoms with Gasteiger partial charge in [-0.25, -0.2) is 15.0 Å². The van der Waals surface area contributed by atoms with Crippen molar-refractivity contribution in [2.75, 3.05) is 7.11 Å². The number of thiazole rings is 1. The summed E-state index contributed by atoms with van der Waals surface area (Å²) in [5, 5.41) is 10.8. The highest BCUT2D eigenvalue weighted by Gasteiger charge is 2.22. The molecule has 118 valence electrons. The summed E-state index contributed by atoms with van der Waals surface area (Å²) < 4.78 is 5.17. The average Bonchev–Trinajstić information content (AvgIpc) is 2.96. The molecule has 2 heterocycles. The van der Waals surface area contributed by atoms with E-state index in [1.165, 1.54) is 4.88 Å². The second kappa shape index (κ2) is 5.54. The predicted octanol–water partition coefficient (Wildman–Crippen LogP) is 2.92. The third kappa shape index (κ3) is 2.58. The quantitative estimate of drug-likeness (QED) is 0.784. The summed E-state index contributed by atoms with van der Waals surface area (Å²) in [5.74, 6) is 0.510. The zero-order valence-corrected chi connectivity index (χ0v) is 13.9. The van der Waals surface area contributed by atoms with Gasteiger partial charge in [0, 0.05) is 16.9 Å². The molecule has 5 nitrogen and oxygen atoms in total. The fraction of sp³-hybridized carbons (Fsp3) is 0.353. The van der Waals surface area contributed by atoms with Crippen LogP contribution in [0.25, 0.3) is 21.6 Å². The summed E-state index contributed by atoms with van der Waals surface area (Å²) in [6.45, 7) is 2.04. The summed E-state index contributed by atoms with van der Waals surface area (Å²) in [6.07, 6.45) is 3.74. The van der Waals surface area contributed by atoms with Gasteiger partial charge in [0.25, 0.3) is 0 Å². The second-order valence-corrected chi connectivity index (χ2v) is 6.96. The first-order valence-electron chi connectivity index (χ1n) is 7.62. The topological polar surface area (TPSA) is 68.1 Å². The Bertz CT molecular complexity index is 891. The molecule has 0 saturated heterocycles. The summed E-state index contributed by atoms with van der Waals surface area (Å²) in [4.78, 5) is 15.0. The van der Waals surface area contributed by atoms with Crippen LogP contribution in [0.15, 0.2) is 18.3 Å². The maximum Gasteiger partial charge on any atom is 0.232 e. The molecule has 6 heteroatoms. The number of aromatic nitrogens is 3. The summed E-state index contributed by atoms with van der Waals surface area (Å²) in [6, 6.07) is 4.11. The van der Waals surface area contributed by atoms with Crippen molar-refractivity contribution >= 4 is 22.4 Å². The normalized spacial score (nSPS) is 17.3. The standard InChI is InChI=1S/C17H17N3O2S/c1-9-5-11(16-13(6-9)19-15(22-2)8-18-16)17-20-12-4-3-10(21)7-14(12)23-17/h5-6,8,10,21H,3-4,7H2,1-2H3. The van der Waals surface area contributed by atoms with Gasteiger partial charge in [-0.3, -0.25) is 0 Å². The van der Waals surface area contributed by atoms with Crippen molar-refractivity contribution < 1.29 is 9.84 Å². The van der Waals surface area contributed by atoms with Gasteiger partial charge in [-0.05, 0) is 37.5 Å². The van der Waals surface area contributed by atoms with Crippen LogP contribution in [-0.2, 0) is 12.8 Å². The predicted molar refractivity (Wildman–Crippen MR) is 90.0 cm³/mol. The number of methoxy groups -OCH3 is 1. The fourth-order valence-corrected chi connectivity index (χ4v) is 4.18. The highest BCUT2D eigenvalue weighted by Crippen LogP contribution is 2.36. The van der Waals surface area contributed by atoms with Crippen molar-refractivity contribution in [2.24, 2.45) is 0 Å². The second-order valence-electron chi connectivity index (χ2n) is 5.88. The number of aliphatic hydroxyl groups excluding tert-OH is 1. The van der Waals surface area contributed by atoms with Crippen molar-refractivity contribution in [1.82, 2.24) is 15.0 Å². The maximum absolute atomic E-state index is 9.85. The highest BCUT2D eigenvalue weighted by molar-refractivity contribution is 7.15.